The van der Waals surface area contributed by atoms with Crippen LogP contribution in [-0.4, -0.2) is 76.0 Å². The fraction of sp³-hybridized carbons (Fsp3) is 0.647. The molecule has 2 aliphatic rings. The first kappa shape index (κ1) is 70.6. The molecule has 2 heterocycles. The minimum absolute atomic E-state index is 0. The van der Waals surface area contributed by atoms with Gasteiger partial charge in [-0.3, -0.25) is 0 Å². The van der Waals surface area contributed by atoms with Gasteiger partial charge in [0.05, 0.1) is 44.9 Å². The molecule has 2 atom stereocenters. The monoisotopic (exact) mass is 1180 g/mol. The third-order valence-electron chi connectivity index (χ3n) is 16.6. The smallest absolute Gasteiger partial charge is 0.744 e. The van der Waals surface area contributed by atoms with Crippen LogP contribution in [0.1, 0.15) is 269 Å². The maximum atomic E-state index is 12.0. The molecule has 10 nitrogen and oxygen atoms in total. The van der Waals surface area contributed by atoms with Crippen LogP contribution in [0.5, 0.6) is 0 Å². The predicted molar refractivity (Wildman–Crippen MR) is 341 cm³/mol. The van der Waals surface area contributed by atoms with Crippen LogP contribution in [0, 0.1) is 0 Å². The second-order valence-electron chi connectivity index (χ2n) is 23.4. The molecule has 4 aromatic rings. The van der Waals surface area contributed by atoms with Crippen LogP contribution in [0.2, 0.25) is 0 Å². The van der Waals surface area contributed by atoms with Crippen LogP contribution in [0.15, 0.2) is 107 Å². The van der Waals surface area contributed by atoms with Crippen molar-refractivity contribution in [3.63, 3.8) is 0 Å². The van der Waals surface area contributed by atoms with Crippen molar-refractivity contribution in [2.75, 3.05) is 20.4 Å². The van der Waals surface area contributed by atoms with Crippen molar-refractivity contribution in [3.8, 4) is 0 Å². The molecule has 448 valence electrons. The number of benzene rings is 4. The zero-order valence-electron chi connectivity index (χ0n) is 50.5. The topological polar surface area (TPSA) is 145 Å². The Labute approximate surface area is 524 Å². The molecule has 0 amide bonds. The van der Waals surface area contributed by atoms with Crippen LogP contribution >= 0.6 is 0 Å². The minimum Gasteiger partial charge on any atom is -0.744 e. The summed E-state index contributed by atoms with van der Waals surface area (Å²) >= 11 is 0. The number of nitrogens with one attached hydrogen (secondary N) is 2. The van der Waals surface area contributed by atoms with E-state index >= 15 is 0 Å². The molecule has 6 rings (SSSR count). The van der Waals surface area contributed by atoms with Gasteiger partial charge in [-0.2, -0.15) is 0 Å². The molecule has 13 heteroatoms. The first-order chi connectivity index (χ1) is 39.0. The van der Waals surface area contributed by atoms with Crippen LogP contribution in [0.4, 0.5) is 22.7 Å². The molecular formula is C68H106CaN4O6S2. The first-order valence-corrected chi connectivity index (χ1v) is 35.1. The van der Waals surface area contributed by atoms with Gasteiger partial charge in [0.1, 0.15) is 20.2 Å². The van der Waals surface area contributed by atoms with E-state index in [1.165, 1.54) is 230 Å². The third-order valence-corrected chi connectivity index (χ3v) is 18.3. The van der Waals surface area contributed by atoms with E-state index < -0.39 is 20.2 Å². The van der Waals surface area contributed by atoms with Gasteiger partial charge in [0, 0.05) is 13.1 Å². The zero-order valence-corrected chi connectivity index (χ0v) is 54.4. The zero-order chi connectivity index (χ0) is 56.9. The predicted octanol–water partition coefficient (Wildman–Crippen LogP) is 19.2. The number of unbranched alkanes of at least 4 members (excludes halogenated alkanes) is 34. The number of fused-ring (bicyclic) bond motifs is 2. The summed E-state index contributed by atoms with van der Waals surface area (Å²) in [6.45, 7) is 5.70. The summed E-state index contributed by atoms with van der Waals surface area (Å²) in [6.07, 6.45) is 50.6. The Balaban J connectivity index is 0.000000344. The average molecular weight is 1180 g/mol. The summed E-state index contributed by atoms with van der Waals surface area (Å²) in [4.78, 5) is 3.88. The maximum absolute atomic E-state index is 12.0. The SMILES string of the molecule is CCCCCCCCCCCCCCCCCCCCC1Nc2cccc(S(=O)(=O)[O-])c2N1Cc1ccccc1.CCCCCCCCCCCCCCCCCCCCC1Nc2cccc(S(=O)(=O)[O-])c2N1Cc1ccccc1.[Ca+2]. The summed E-state index contributed by atoms with van der Waals surface area (Å²) in [5, 5.41) is 6.99. The van der Waals surface area contributed by atoms with Gasteiger partial charge >= 0.3 is 37.7 Å². The number of anilines is 4. The van der Waals surface area contributed by atoms with Crippen LogP contribution in [0.3, 0.4) is 0 Å². The van der Waals surface area contributed by atoms with E-state index in [4.69, 9.17) is 0 Å². The number of rotatable bonds is 44. The molecule has 0 fully saturated rings. The molecule has 4 aromatic carbocycles. The van der Waals surface area contributed by atoms with E-state index in [9.17, 15) is 25.9 Å². The molecule has 0 saturated carbocycles. The number of hydrogen-bond donors (Lipinski definition) is 2. The Morgan fingerprint density at radius 1 is 0.346 bits per heavy atom. The second-order valence-corrected chi connectivity index (χ2v) is 26.1. The van der Waals surface area contributed by atoms with Gasteiger partial charge < -0.3 is 29.5 Å². The largest absolute Gasteiger partial charge is 2.00 e. The van der Waals surface area contributed by atoms with Gasteiger partial charge in [-0.15, -0.1) is 0 Å². The summed E-state index contributed by atoms with van der Waals surface area (Å²) in [5.74, 6) is 0. The molecule has 0 radical (unpaired) electrons. The van der Waals surface area contributed by atoms with Crippen molar-refractivity contribution in [2.45, 2.75) is 293 Å². The van der Waals surface area contributed by atoms with Crippen molar-refractivity contribution >= 4 is 80.7 Å². The summed E-state index contributed by atoms with van der Waals surface area (Å²) < 4.78 is 72.1. The first-order valence-electron chi connectivity index (χ1n) is 32.3. The van der Waals surface area contributed by atoms with Crippen LogP contribution in [-0.2, 0) is 33.3 Å². The fourth-order valence-electron chi connectivity index (χ4n) is 12.0. The van der Waals surface area contributed by atoms with Gasteiger partial charge in [0.15, 0.2) is 0 Å². The molecule has 0 aliphatic carbocycles. The summed E-state index contributed by atoms with van der Waals surface area (Å²) in [7, 11) is -9.12. The summed E-state index contributed by atoms with van der Waals surface area (Å²) in [6, 6.07) is 30.0. The Hall–Kier alpha value is -2.84. The molecule has 0 bridgehead atoms. The normalized spacial score (nSPS) is 14.7. The quantitative estimate of drug-likeness (QED) is 0.0249. The van der Waals surface area contributed by atoms with Crippen molar-refractivity contribution in [2.24, 2.45) is 0 Å². The maximum Gasteiger partial charge on any atom is 2.00 e. The molecular weight excluding hydrogens is 1070 g/mol. The summed E-state index contributed by atoms with van der Waals surface area (Å²) in [5.41, 5.74) is 4.71. The van der Waals surface area contributed by atoms with E-state index in [2.05, 4.69) is 34.3 Å². The van der Waals surface area contributed by atoms with Gasteiger partial charge in [-0.1, -0.05) is 305 Å². The van der Waals surface area contributed by atoms with Gasteiger partial charge in [0.2, 0.25) is 0 Å². The van der Waals surface area contributed by atoms with Crippen LogP contribution in [0.25, 0.3) is 0 Å². The van der Waals surface area contributed by atoms with Gasteiger partial charge in [0.25, 0.3) is 0 Å². The molecule has 2 unspecified atom stereocenters. The Morgan fingerprint density at radius 3 is 0.840 bits per heavy atom. The molecule has 2 aliphatic heterocycles. The molecule has 0 spiro atoms. The standard InChI is InChI=1S/2C34H54N2O3S.Ca/c2*1-2-3-4-5-6-7-8-9-10-11-12-13-14-15-16-17-18-22-28-33-35-31-26-23-27-32(40(37,38)39)34(31)36(33)29-30-24-20-19-21-25-30;/h2*19-21,23-27,33,35H,2-18,22,28-29H2,1H3,(H,37,38,39);/q;;+2/p-2. The van der Waals surface area contributed by atoms with Crippen molar-refractivity contribution in [3.05, 3.63) is 108 Å². The molecule has 0 aromatic heterocycles. The van der Waals surface area contributed by atoms with E-state index in [1.807, 2.05) is 72.8 Å². The number of hydrogen-bond acceptors (Lipinski definition) is 10. The number of nitrogens with zero attached hydrogens (tertiary/aromatic N) is 2. The van der Waals surface area contributed by atoms with Crippen LogP contribution < -0.4 is 20.4 Å². The third kappa shape index (κ3) is 27.8. The number of para-hydroxylation sites is 2. The Bertz CT molecular complexity index is 2290. The van der Waals surface area contributed by atoms with E-state index in [1.54, 1.807) is 12.1 Å². The molecule has 2 N–H and O–H groups in total. The second kappa shape index (κ2) is 42.1. The Morgan fingerprint density at radius 2 is 0.593 bits per heavy atom. The van der Waals surface area contributed by atoms with Gasteiger partial charge in [-0.05, 0) is 61.1 Å². The van der Waals surface area contributed by atoms with E-state index in [0.29, 0.717) is 24.5 Å². The molecule has 0 saturated heterocycles. The minimum atomic E-state index is -4.56. The van der Waals surface area contributed by atoms with Gasteiger partial charge in [-0.25, -0.2) is 16.8 Å². The molecule has 81 heavy (non-hydrogen) atoms. The van der Waals surface area contributed by atoms with Crippen molar-refractivity contribution in [1.82, 2.24) is 0 Å². The average Bonchev–Trinajstić information content (AvgIpc) is 4.21. The van der Waals surface area contributed by atoms with Crippen molar-refractivity contribution < 1.29 is 25.9 Å². The van der Waals surface area contributed by atoms with E-state index in [-0.39, 0.29) is 59.9 Å². The fourth-order valence-corrected chi connectivity index (χ4v) is 13.4. The Kier molecular flexibility index (Phi) is 36.7. The van der Waals surface area contributed by atoms with Crippen molar-refractivity contribution in [1.29, 1.82) is 0 Å². The van der Waals surface area contributed by atoms with E-state index in [0.717, 1.165) is 48.2 Å².